The summed E-state index contributed by atoms with van der Waals surface area (Å²) < 4.78 is 12.6. The van der Waals surface area contributed by atoms with E-state index in [1.807, 2.05) is 30.4 Å². The fraction of sp³-hybridized carbons (Fsp3) is 0.216. The number of rotatable bonds is 8. The number of benzene rings is 5. The number of hydrogen-bond donors (Lipinski definition) is 0. The van der Waals surface area contributed by atoms with Gasteiger partial charge in [-0.1, -0.05) is 101 Å². The Balaban J connectivity index is 1.11. The highest BCUT2D eigenvalue weighted by Crippen LogP contribution is 2.54. The summed E-state index contributed by atoms with van der Waals surface area (Å²) in [4.78, 5) is 8.34. The zero-order valence-electron chi connectivity index (χ0n) is 33.2. The van der Waals surface area contributed by atoms with Gasteiger partial charge in [0.25, 0.3) is 5.70 Å². The number of allylic oxidation sites excluding steroid dienone is 6. The van der Waals surface area contributed by atoms with Crippen molar-refractivity contribution in [2.75, 3.05) is 30.0 Å². The molecule has 8 rings (SSSR count). The molecule has 0 unspecified atom stereocenters. The summed E-state index contributed by atoms with van der Waals surface area (Å²) >= 11 is 0. The third-order valence-corrected chi connectivity index (χ3v) is 11.6. The molecule has 0 saturated carbocycles. The molecular formula is C51H46N4O2. The number of anilines is 4. The molecule has 3 aliphatic rings. The fourth-order valence-electron chi connectivity index (χ4n) is 8.41. The van der Waals surface area contributed by atoms with E-state index in [0.29, 0.717) is 17.1 Å². The lowest BCUT2D eigenvalue weighted by Crippen LogP contribution is -2.45. The van der Waals surface area contributed by atoms with Gasteiger partial charge in [0.15, 0.2) is 0 Å². The number of para-hydroxylation sites is 1. The van der Waals surface area contributed by atoms with E-state index in [0.717, 1.165) is 59.9 Å². The second kappa shape index (κ2) is 15.1. The Hall–Kier alpha value is -6.76. The van der Waals surface area contributed by atoms with Gasteiger partial charge < -0.3 is 19.3 Å². The van der Waals surface area contributed by atoms with Gasteiger partial charge in [-0.05, 0) is 113 Å². The van der Waals surface area contributed by atoms with Crippen LogP contribution in [0.15, 0.2) is 150 Å². The van der Waals surface area contributed by atoms with Crippen LogP contribution in [-0.2, 0) is 15.6 Å². The van der Waals surface area contributed by atoms with Crippen molar-refractivity contribution in [3.05, 3.63) is 184 Å². The molecule has 282 valence electrons. The minimum Gasteiger partial charge on any atom is -0.496 e. The molecule has 3 heterocycles. The van der Waals surface area contributed by atoms with Gasteiger partial charge in [-0.25, -0.2) is 10.1 Å². The molecule has 57 heavy (non-hydrogen) atoms. The molecule has 6 nitrogen and oxygen atoms in total. The standard InChI is InChI=1S/C51H46N4O2/c1-50(2)27-29-54-30-28-51(3,4)47-48(54)44(50)33-37(49(47)56-6)22-26-42-32-38(45(34-52)53-5)31-41(57-42)25-21-35-19-23-40(24-20-35)55(39-15-8-7-9-16-39)46-18-12-14-36-13-10-11-17-43(36)46/h7-26,31-33H,27-30H2,1-4,6H3/b25-21+,26-22+,45-38-. The van der Waals surface area contributed by atoms with E-state index in [1.54, 1.807) is 19.3 Å². The van der Waals surface area contributed by atoms with Crippen molar-refractivity contribution in [1.82, 2.24) is 0 Å². The predicted octanol–water partition coefficient (Wildman–Crippen LogP) is 12.7. The van der Waals surface area contributed by atoms with Crippen molar-refractivity contribution in [2.45, 2.75) is 51.4 Å². The summed E-state index contributed by atoms with van der Waals surface area (Å²) in [5, 5.41) is 12.2. The van der Waals surface area contributed by atoms with Crippen LogP contribution in [0.5, 0.6) is 5.75 Å². The molecule has 6 heteroatoms. The molecule has 0 spiro atoms. The minimum atomic E-state index is -0.0499. The second-order valence-corrected chi connectivity index (χ2v) is 16.2. The van der Waals surface area contributed by atoms with Crippen LogP contribution in [0.4, 0.5) is 22.7 Å². The molecule has 0 aliphatic carbocycles. The fourth-order valence-corrected chi connectivity index (χ4v) is 8.41. The van der Waals surface area contributed by atoms with Crippen molar-refractivity contribution in [3.63, 3.8) is 0 Å². The molecular weight excluding hydrogens is 701 g/mol. The highest BCUT2D eigenvalue weighted by molar-refractivity contribution is 5.98. The molecule has 0 atom stereocenters. The monoisotopic (exact) mass is 746 g/mol. The average molecular weight is 747 g/mol. The van der Waals surface area contributed by atoms with Gasteiger partial charge in [0.1, 0.15) is 17.3 Å². The Labute approximate surface area is 336 Å². The highest BCUT2D eigenvalue weighted by Gasteiger charge is 2.42. The van der Waals surface area contributed by atoms with E-state index in [2.05, 4.69) is 145 Å². The molecule has 5 aromatic rings. The van der Waals surface area contributed by atoms with Gasteiger partial charge in [0, 0.05) is 46.7 Å². The Morgan fingerprint density at radius 2 is 1.46 bits per heavy atom. The van der Waals surface area contributed by atoms with Gasteiger partial charge in [-0.2, -0.15) is 0 Å². The molecule has 0 N–H and O–H groups in total. The lowest BCUT2D eigenvalue weighted by atomic mass is 9.68. The van der Waals surface area contributed by atoms with Crippen molar-refractivity contribution >= 4 is 45.7 Å². The zero-order chi connectivity index (χ0) is 39.7. The van der Waals surface area contributed by atoms with Crippen molar-refractivity contribution < 1.29 is 9.47 Å². The summed E-state index contributed by atoms with van der Waals surface area (Å²) in [5.74, 6) is 1.94. The Kier molecular flexibility index (Phi) is 9.82. The quantitative estimate of drug-likeness (QED) is 0.117. The van der Waals surface area contributed by atoms with Gasteiger partial charge in [-0.3, -0.25) is 0 Å². The van der Waals surface area contributed by atoms with E-state index in [1.165, 1.54) is 27.6 Å². The number of methoxy groups -OCH3 is 1. The molecule has 0 bridgehead atoms. The molecule has 0 saturated heterocycles. The summed E-state index contributed by atoms with van der Waals surface area (Å²) in [6.45, 7) is 19.1. The lowest BCUT2D eigenvalue weighted by molar-refractivity contribution is 0.332. The molecule has 0 amide bonds. The first-order valence-corrected chi connectivity index (χ1v) is 19.5. The number of ether oxygens (including phenoxy) is 2. The number of nitrogens with zero attached hydrogens (tertiary/aromatic N) is 4. The van der Waals surface area contributed by atoms with E-state index in [-0.39, 0.29) is 16.5 Å². The van der Waals surface area contributed by atoms with Crippen LogP contribution in [0, 0.1) is 17.9 Å². The first-order chi connectivity index (χ1) is 27.6. The van der Waals surface area contributed by atoms with E-state index in [9.17, 15) is 5.26 Å². The number of nitriles is 1. The Morgan fingerprint density at radius 3 is 2.16 bits per heavy atom. The molecule has 5 aromatic carbocycles. The van der Waals surface area contributed by atoms with Crippen LogP contribution >= 0.6 is 0 Å². The van der Waals surface area contributed by atoms with Crippen molar-refractivity contribution in [3.8, 4) is 11.8 Å². The van der Waals surface area contributed by atoms with E-state index < -0.39 is 0 Å². The van der Waals surface area contributed by atoms with Gasteiger partial charge in [0.2, 0.25) is 0 Å². The number of fused-ring (bicyclic) bond motifs is 1. The van der Waals surface area contributed by atoms with Crippen molar-refractivity contribution in [2.24, 2.45) is 0 Å². The number of hydrogen-bond acceptors (Lipinski definition) is 5. The summed E-state index contributed by atoms with van der Waals surface area (Å²) in [6, 6.07) is 38.0. The Bertz CT molecular complexity index is 2590. The summed E-state index contributed by atoms with van der Waals surface area (Å²) in [6.07, 6.45) is 13.5. The highest BCUT2D eigenvalue weighted by atomic mass is 16.5. The molecule has 3 aliphatic heterocycles. The van der Waals surface area contributed by atoms with Gasteiger partial charge in [0.05, 0.1) is 25.4 Å². The topological polar surface area (TPSA) is 53.1 Å². The predicted molar refractivity (Wildman–Crippen MR) is 234 cm³/mol. The molecule has 0 fully saturated rings. The average Bonchev–Trinajstić information content (AvgIpc) is 3.22. The maximum atomic E-state index is 9.84. The summed E-state index contributed by atoms with van der Waals surface area (Å²) in [5.41, 5.74) is 9.58. The van der Waals surface area contributed by atoms with Crippen LogP contribution in [-0.4, -0.2) is 20.2 Å². The first-order valence-electron chi connectivity index (χ1n) is 19.5. The summed E-state index contributed by atoms with van der Waals surface area (Å²) in [7, 11) is 1.76. The second-order valence-electron chi connectivity index (χ2n) is 16.2. The van der Waals surface area contributed by atoms with Crippen LogP contribution in [0.3, 0.4) is 0 Å². The van der Waals surface area contributed by atoms with E-state index in [4.69, 9.17) is 16.0 Å². The maximum Gasteiger partial charge on any atom is 0.269 e. The largest absolute Gasteiger partial charge is 0.496 e. The minimum absolute atomic E-state index is 0.00766. The third-order valence-electron chi connectivity index (χ3n) is 11.6. The van der Waals surface area contributed by atoms with Gasteiger partial charge in [-0.15, -0.1) is 0 Å². The smallest absolute Gasteiger partial charge is 0.269 e. The van der Waals surface area contributed by atoms with Crippen LogP contribution in [0.2, 0.25) is 0 Å². The molecule has 0 radical (unpaired) electrons. The first kappa shape index (κ1) is 37.2. The maximum absolute atomic E-state index is 9.84. The lowest BCUT2D eigenvalue weighted by Gasteiger charge is -2.48. The zero-order valence-corrected chi connectivity index (χ0v) is 33.2. The van der Waals surface area contributed by atoms with Crippen molar-refractivity contribution in [1.29, 1.82) is 5.26 Å². The third kappa shape index (κ3) is 7.12. The van der Waals surface area contributed by atoms with Crippen LogP contribution < -0.4 is 14.5 Å². The Morgan fingerprint density at radius 1 is 0.807 bits per heavy atom. The normalized spacial score (nSPS) is 17.6. The SMILES string of the molecule is [C-]#[N+]/C(C#N)=C1C=C(/C=C/c2ccc(N(c3ccccc3)c3cccc4ccccc34)cc2)OC(/C=C/c2cc3c4c(c2OC)C(C)(C)CCN4CCC3(C)C)=C/1. The van der Waals surface area contributed by atoms with E-state index >= 15 is 0 Å². The van der Waals surface area contributed by atoms with Gasteiger partial charge >= 0.3 is 0 Å². The van der Waals surface area contributed by atoms with Crippen LogP contribution in [0.25, 0.3) is 27.8 Å². The van der Waals surface area contributed by atoms with Crippen LogP contribution in [0.1, 0.15) is 62.8 Å². The molecule has 0 aromatic heterocycles.